The molecule has 0 aliphatic heterocycles. The van der Waals surface area contributed by atoms with Crippen molar-refractivity contribution in [3.05, 3.63) is 11.1 Å². The predicted molar refractivity (Wildman–Crippen MR) is 49.3 cm³/mol. The predicted octanol–water partition coefficient (Wildman–Crippen LogP) is 3.19. The summed E-state index contributed by atoms with van der Waals surface area (Å²) in [6.45, 7) is 0. The van der Waals surface area contributed by atoms with Gasteiger partial charge in [-0.25, -0.2) is 0 Å². The van der Waals surface area contributed by atoms with Gasteiger partial charge in [0.05, 0.1) is 0 Å². The first-order chi connectivity index (χ1) is 5.36. The second kappa shape index (κ2) is 2.99. The molecule has 11 heavy (non-hydrogen) atoms. The Balaban J connectivity index is 2.27. The molecule has 2 aliphatic rings. The van der Waals surface area contributed by atoms with E-state index < -0.39 is 0 Å². The van der Waals surface area contributed by atoms with Gasteiger partial charge in [-0.05, 0) is 31.1 Å². The highest BCUT2D eigenvalue weighted by Gasteiger charge is 2.37. The zero-order valence-electron chi connectivity index (χ0n) is 6.45. The van der Waals surface area contributed by atoms with Gasteiger partial charge < -0.3 is 0 Å². The molecular weight excluding hydrogens is 179 g/mol. The van der Waals surface area contributed by atoms with E-state index in [1.54, 1.807) is 0 Å². The minimum Gasteiger partial charge on any atom is -0.122 e. The van der Waals surface area contributed by atoms with Crippen LogP contribution < -0.4 is 0 Å². The fourth-order valence-corrected chi connectivity index (χ4v) is 3.31. The normalized spacial score (nSPS) is 35.5. The average molecular weight is 191 g/mol. The molecular formula is C9H12Cl2. The monoisotopic (exact) mass is 190 g/mol. The van der Waals surface area contributed by atoms with Crippen molar-refractivity contribution >= 4 is 23.2 Å². The molecule has 62 valence electrons. The SMILES string of the molecule is ClCC1=C(CCl)C2CCC1C2. The fourth-order valence-electron chi connectivity index (χ4n) is 2.53. The molecule has 0 amide bonds. The molecule has 0 radical (unpaired) electrons. The van der Waals surface area contributed by atoms with Crippen molar-refractivity contribution in [3.63, 3.8) is 0 Å². The Kier molecular flexibility index (Phi) is 2.16. The standard InChI is InChI=1S/C9H12Cl2/c10-4-8-6-1-2-7(3-6)9(8)5-11/h6-7H,1-5H2. The summed E-state index contributed by atoms with van der Waals surface area (Å²) < 4.78 is 0. The Morgan fingerprint density at radius 2 is 1.45 bits per heavy atom. The minimum atomic E-state index is 0.712. The van der Waals surface area contributed by atoms with Crippen molar-refractivity contribution in [2.45, 2.75) is 19.3 Å². The van der Waals surface area contributed by atoms with Gasteiger partial charge in [-0.2, -0.15) is 0 Å². The molecule has 0 saturated heterocycles. The van der Waals surface area contributed by atoms with Crippen LogP contribution in [0.3, 0.4) is 0 Å². The summed E-state index contributed by atoms with van der Waals surface area (Å²) >= 11 is 11.7. The Hall–Kier alpha value is 0.320. The van der Waals surface area contributed by atoms with Gasteiger partial charge in [0.1, 0.15) is 0 Å². The lowest BCUT2D eigenvalue weighted by atomic mass is 9.94. The highest BCUT2D eigenvalue weighted by molar-refractivity contribution is 6.21. The number of allylic oxidation sites excluding steroid dienone is 2. The van der Waals surface area contributed by atoms with Crippen molar-refractivity contribution < 1.29 is 0 Å². The number of hydrogen-bond acceptors (Lipinski definition) is 0. The third kappa shape index (κ3) is 1.11. The molecule has 2 atom stereocenters. The molecule has 1 fully saturated rings. The van der Waals surface area contributed by atoms with Crippen molar-refractivity contribution in [2.24, 2.45) is 11.8 Å². The lowest BCUT2D eigenvalue weighted by molar-refractivity contribution is 0.650. The first kappa shape index (κ1) is 7.94. The van der Waals surface area contributed by atoms with E-state index in [-0.39, 0.29) is 0 Å². The van der Waals surface area contributed by atoms with E-state index in [0.29, 0.717) is 11.8 Å². The summed E-state index contributed by atoms with van der Waals surface area (Å²) in [5.74, 6) is 3.02. The van der Waals surface area contributed by atoms with E-state index in [1.807, 2.05) is 0 Å². The van der Waals surface area contributed by atoms with E-state index in [0.717, 1.165) is 11.8 Å². The van der Waals surface area contributed by atoms with E-state index in [1.165, 1.54) is 30.4 Å². The summed E-state index contributed by atoms with van der Waals surface area (Å²) in [5.41, 5.74) is 2.94. The van der Waals surface area contributed by atoms with Crippen LogP contribution in [0.4, 0.5) is 0 Å². The van der Waals surface area contributed by atoms with Crippen LogP contribution in [0.5, 0.6) is 0 Å². The van der Waals surface area contributed by atoms with Crippen LogP contribution in [-0.2, 0) is 0 Å². The first-order valence-electron chi connectivity index (χ1n) is 4.20. The van der Waals surface area contributed by atoms with Crippen LogP contribution in [0.1, 0.15) is 19.3 Å². The second-order valence-electron chi connectivity index (χ2n) is 3.52. The highest BCUT2D eigenvalue weighted by atomic mass is 35.5. The Morgan fingerprint density at radius 1 is 1.00 bits per heavy atom. The lowest BCUT2D eigenvalue weighted by Gasteiger charge is -2.15. The molecule has 0 aromatic heterocycles. The van der Waals surface area contributed by atoms with Crippen molar-refractivity contribution in [1.82, 2.24) is 0 Å². The van der Waals surface area contributed by atoms with Crippen LogP contribution in [0.15, 0.2) is 11.1 Å². The first-order valence-corrected chi connectivity index (χ1v) is 5.27. The second-order valence-corrected chi connectivity index (χ2v) is 4.06. The maximum atomic E-state index is 5.86. The maximum absolute atomic E-state index is 5.86. The van der Waals surface area contributed by atoms with E-state index in [4.69, 9.17) is 23.2 Å². The molecule has 0 nitrogen and oxygen atoms in total. The largest absolute Gasteiger partial charge is 0.122 e. The Bertz CT molecular complexity index is 176. The van der Waals surface area contributed by atoms with Crippen molar-refractivity contribution in [1.29, 1.82) is 0 Å². The number of alkyl halides is 2. The summed E-state index contributed by atoms with van der Waals surface area (Å²) in [4.78, 5) is 0. The summed E-state index contributed by atoms with van der Waals surface area (Å²) in [5, 5.41) is 0. The summed E-state index contributed by atoms with van der Waals surface area (Å²) in [6, 6.07) is 0. The third-order valence-corrected chi connectivity index (χ3v) is 3.69. The number of fused-ring (bicyclic) bond motifs is 2. The summed E-state index contributed by atoms with van der Waals surface area (Å²) in [7, 11) is 0. The van der Waals surface area contributed by atoms with Crippen LogP contribution >= 0.6 is 23.2 Å². The minimum absolute atomic E-state index is 0.712. The zero-order valence-corrected chi connectivity index (χ0v) is 7.96. The van der Waals surface area contributed by atoms with Gasteiger partial charge in [-0.15, -0.1) is 23.2 Å². The maximum Gasteiger partial charge on any atom is 0.0439 e. The van der Waals surface area contributed by atoms with E-state index >= 15 is 0 Å². The van der Waals surface area contributed by atoms with Crippen LogP contribution in [0, 0.1) is 11.8 Å². The van der Waals surface area contributed by atoms with Crippen LogP contribution in [-0.4, -0.2) is 11.8 Å². The van der Waals surface area contributed by atoms with E-state index in [2.05, 4.69) is 0 Å². The molecule has 2 aliphatic carbocycles. The van der Waals surface area contributed by atoms with Crippen molar-refractivity contribution in [2.75, 3.05) is 11.8 Å². The van der Waals surface area contributed by atoms with Crippen LogP contribution in [0.2, 0.25) is 0 Å². The Morgan fingerprint density at radius 3 is 1.82 bits per heavy atom. The van der Waals surface area contributed by atoms with Gasteiger partial charge in [-0.3, -0.25) is 0 Å². The third-order valence-electron chi connectivity index (χ3n) is 3.12. The quantitative estimate of drug-likeness (QED) is 0.464. The molecule has 2 rings (SSSR count). The molecule has 0 aromatic carbocycles. The average Bonchev–Trinajstić information content (AvgIpc) is 2.60. The molecule has 1 saturated carbocycles. The fraction of sp³-hybridized carbons (Fsp3) is 0.778. The molecule has 2 heteroatoms. The Labute approximate surface area is 77.6 Å². The molecule has 0 spiro atoms. The topological polar surface area (TPSA) is 0 Å². The van der Waals surface area contributed by atoms with Gasteiger partial charge in [0.25, 0.3) is 0 Å². The molecule has 0 N–H and O–H groups in total. The van der Waals surface area contributed by atoms with Crippen molar-refractivity contribution in [3.8, 4) is 0 Å². The van der Waals surface area contributed by atoms with Gasteiger partial charge >= 0.3 is 0 Å². The van der Waals surface area contributed by atoms with Gasteiger partial charge in [0.2, 0.25) is 0 Å². The number of halogens is 2. The van der Waals surface area contributed by atoms with Crippen LogP contribution in [0.25, 0.3) is 0 Å². The molecule has 2 bridgehead atoms. The smallest absolute Gasteiger partial charge is 0.0439 e. The molecule has 2 unspecified atom stereocenters. The number of hydrogen-bond donors (Lipinski definition) is 0. The van der Waals surface area contributed by atoms with Gasteiger partial charge in [-0.1, -0.05) is 11.1 Å². The van der Waals surface area contributed by atoms with E-state index in [9.17, 15) is 0 Å². The van der Waals surface area contributed by atoms with Gasteiger partial charge in [0, 0.05) is 11.8 Å². The van der Waals surface area contributed by atoms with Gasteiger partial charge in [0.15, 0.2) is 0 Å². The molecule has 0 heterocycles. The highest BCUT2D eigenvalue weighted by Crippen LogP contribution is 2.48. The molecule has 0 aromatic rings. The zero-order chi connectivity index (χ0) is 7.84. The summed E-state index contributed by atoms with van der Waals surface area (Å²) in [6.07, 6.45) is 4.05. The number of rotatable bonds is 2. The lowest BCUT2D eigenvalue weighted by Crippen LogP contribution is -2.05.